The second-order valence-electron chi connectivity index (χ2n) is 4.19. The van der Waals surface area contributed by atoms with Gasteiger partial charge in [-0.25, -0.2) is 0 Å². The highest BCUT2D eigenvalue weighted by atomic mass is 16.3. The molecule has 0 bridgehead atoms. The average Bonchev–Trinajstić information content (AvgIpc) is 2.05. The number of rotatable bonds is 3. The zero-order chi connectivity index (χ0) is 8.97. The highest BCUT2D eigenvalue weighted by molar-refractivity contribution is 4.79. The molecule has 0 aliphatic carbocycles. The van der Waals surface area contributed by atoms with E-state index in [4.69, 9.17) is 5.11 Å². The van der Waals surface area contributed by atoms with Gasteiger partial charge in [0, 0.05) is 12.6 Å². The van der Waals surface area contributed by atoms with Crippen LogP contribution in [0.1, 0.15) is 33.1 Å². The molecule has 0 spiro atoms. The number of nitrogens with one attached hydrogen (secondary N) is 1. The van der Waals surface area contributed by atoms with Gasteiger partial charge in [-0.2, -0.15) is 0 Å². The van der Waals surface area contributed by atoms with Crippen LogP contribution in [-0.2, 0) is 0 Å². The summed E-state index contributed by atoms with van der Waals surface area (Å²) in [5.74, 6) is 1.66. The quantitative estimate of drug-likeness (QED) is 0.672. The Hall–Kier alpha value is -0.0800. The zero-order valence-corrected chi connectivity index (χ0v) is 8.21. The molecule has 1 rings (SSSR count). The fourth-order valence-electron chi connectivity index (χ4n) is 2.02. The largest absolute Gasteiger partial charge is 0.396 e. The van der Waals surface area contributed by atoms with E-state index in [2.05, 4.69) is 19.2 Å². The minimum absolute atomic E-state index is 0.322. The maximum absolute atomic E-state index is 8.80. The van der Waals surface area contributed by atoms with Gasteiger partial charge >= 0.3 is 0 Å². The molecule has 1 aliphatic heterocycles. The van der Waals surface area contributed by atoms with Crippen molar-refractivity contribution in [3.05, 3.63) is 0 Å². The molecule has 1 heterocycles. The summed E-state index contributed by atoms with van der Waals surface area (Å²) in [6.45, 7) is 6.05. The van der Waals surface area contributed by atoms with E-state index in [-0.39, 0.29) is 0 Å². The molecule has 0 radical (unpaired) electrons. The molecule has 0 saturated carbocycles. The van der Waals surface area contributed by atoms with Gasteiger partial charge in [0.05, 0.1) is 0 Å². The van der Waals surface area contributed by atoms with Crippen molar-refractivity contribution in [2.24, 2.45) is 11.8 Å². The van der Waals surface area contributed by atoms with Crippen molar-refractivity contribution in [1.29, 1.82) is 0 Å². The minimum atomic E-state index is 0.322. The molecule has 2 nitrogen and oxygen atoms in total. The Morgan fingerprint density at radius 1 is 1.50 bits per heavy atom. The summed E-state index contributed by atoms with van der Waals surface area (Å²) in [6, 6.07) is 0.566. The van der Waals surface area contributed by atoms with E-state index in [9.17, 15) is 0 Å². The van der Waals surface area contributed by atoms with Crippen LogP contribution >= 0.6 is 0 Å². The lowest BCUT2D eigenvalue weighted by Crippen LogP contribution is -2.39. The van der Waals surface area contributed by atoms with E-state index in [0.29, 0.717) is 12.6 Å². The van der Waals surface area contributed by atoms with Crippen LogP contribution < -0.4 is 5.32 Å². The Balaban J connectivity index is 2.30. The number of piperidine rings is 1. The summed E-state index contributed by atoms with van der Waals surface area (Å²) in [6.07, 6.45) is 3.47. The molecule has 2 unspecified atom stereocenters. The number of hydrogen-bond donors (Lipinski definition) is 2. The second-order valence-corrected chi connectivity index (χ2v) is 4.19. The molecule has 2 N–H and O–H groups in total. The van der Waals surface area contributed by atoms with E-state index in [1.165, 1.54) is 12.8 Å². The first-order chi connectivity index (χ1) is 5.74. The Morgan fingerprint density at radius 3 is 2.83 bits per heavy atom. The molecule has 2 atom stereocenters. The van der Waals surface area contributed by atoms with Crippen molar-refractivity contribution in [2.75, 3.05) is 13.2 Å². The third kappa shape index (κ3) is 2.76. The number of aliphatic hydroxyl groups excluding tert-OH is 1. The maximum Gasteiger partial charge on any atom is 0.0445 e. The zero-order valence-electron chi connectivity index (χ0n) is 8.21. The predicted octanol–water partition coefficient (Wildman–Crippen LogP) is 1.39. The first kappa shape index (κ1) is 10.0. The Labute approximate surface area is 75.4 Å². The van der Waals surface area contributed by atoms with Gasteiger partial charge in [0.15, 0.2) is 0 Å². The molecule has 1 aliphatic rings. The average molecular weight is 171 g/mol. The Kier molecular flexibility index (Phi) is 4.02. The fraction of sp³-hybridized carbons (Fsp3) is 1.00. The first-order valence-electron chi connectivity index (χ1n) is 5.08. The number of aliphatic hydroxyl groups is 1. The molecule has 1 saturated heterocycles. The van der Waals surface area contributed by atoms with E-state index >= 15 is 0 Å². The summed E-state index contributed by atoms with van der Waals surface area (Å²) >= 11 is 0. The standard InChI is InChI=1S/C10H21NO/c1-8(2)9-3-5-11-10(7-9)4-6-12/h8-12H,3-7H2,1-2H3. The minimum Gasteiger partial charge on any atom is -0.396 e. The van der Waals surface area contributed by atoms with Gasteiger partial charge in [0.2, 0.25) is 0 Å². The molecular formula is C10H21NO. The van der Waals surface area contributed by atoms with Crippen LogP contribution in [0.4, 0.5) is 0 Å². The molecule has 0 aromatic rings. The fourth-order valence-corrected chi connectivity index (χ4v) is 2.02. The molecule has 2 heteroatoms. The van der Waals surface area contributed by atoms with E-state index in [1.54, 1.807) is 0 Å². The molecule has 72 valence electrons. The van der Waals surface area contributed by atoms with Crippen LogP contribution in [-0.4, -0.2) is 24.3 Å². The van der Waals surface area contributed by atoms with Crippen molar-refractivity contribution in [2.45, 2.75) is 39.2 Å². The van der Waals surface area contributed by atoms with Crippen molar-refractivity contribution < 1.29 is 5.11 Å². The SMILES string of the molecule is CC(C)C1CCNC(CCO)C1. The van der Waals surface area contributed by atoms with Gasteiger partial charge in [-0.05, 0) is 37.6 Å². The van der Waals surface area contributed by atoms with Crippen LogP contribution in [0.15, 0.2) is 0 Å². The Bertz CT molecular complexity index is 123. The van der Waals surface area contributed by atoms with Crippen LogP contribution in [0.3, 0.4) is 0 Å². The maximum atomic E-state index is 8.80. The van der Waals surface area contributed by atoms with Crippen LogP contribution in [0.2, 0.25) is 0 Å². The molecule has 12 heavy (non-hydrogen) atoms. The lowest BCUT2D eigenvalue weighted by Gasteiger charge is -2.32. The predicted molar refractivity (Wildman–Crippen MR) is 51.1 cm³/mol. The summed E-state index contributed by atoms with van der Waals surface area (Å²) < 4.78 is 0. The van der Waals surface area contributed by atoms with Crippen molar-refractivity contribution in [3.63, 3.8) is 0 Å². The van der Waals surface area contributed by atoms with E-state index < -0.39 is 0 Å². The Morgan fingerprint density at radius 2 is 2.25 bits per heavy atom. The normalized spacial score (nSPS) is 31.0. The highest BCUT2D eigenvalue weighted by Crippen LogP contribution is 2.24. The summed E-state index contributed by atoms with van der Waals surface area (Å²) in [7, 11) is 0. The van der Waals surface area contributed by atoms with Crippen molar-refractivity contribution in [3.8, 4) is 0 Å². The molecular weight excluding hydrogens is 150 g/mol. The van der Waals surface area contributed by atoms with Crippen LogP contribution in [0, 0.1) is 11.8 Å². The van der Waals surface area contributed by atoms with Crippen molar-refractivity contribution in [1.82, 2.24) is 5.32 Å². The van der Waals surface area contributed by atoms with Gasteiger partial charge < -0.3 is 10.4 Å². The van der Waals surface area contributed by atoms with Crippen LogP contribution in [0.5, 0.6) is 0 Å². The lowest BCUT2D eigenvalue weighted by atomic mass is 9.83. The smallest absolute Gasteiger partial charge is 0.0445 e. The van der Waals surface area contributed by atoms with Gasteiger partial charge in [0.25, 0.3) is 0 Å². The summed E-state index contributed by atoms with van der Waals surface area (Å²) in [5.41, 5.74) is 0. The number of hydrogen-bond acceptors (Lipinski definition) is 2. The third-order valence-electron chi connectivity index (χ3n) is 2.96. The van der Waals surface area contributed by atoms with Gasteiger partial charge in [0.1, 0.15) is 0 Å². The summed E-state index contributed by atoms with van der Waals surface area (Å²) in [5, 5.41) is 12.2. The molecule has 0 aromatic heterocycles. The highest BCUT2D eigenvalue weighted by Gasteiger charge is 2.22. The lowest BCUT2D eigenvalue weighted by molar-refractivity contribution is 0.201. The third-order valence-corrected chi connectivity index (χ3v) is 2.96. The summed E-state index contributed by atoms with van der Waals surface area (Å²) in [4.78, 5) is 0. The first-order valence-corrected chi connectivity index (χ1v) is 5.08. The van der Waals surface area contributed by atoms with Gasteiger partial charge in [-0.1, -0.05) is 13.8 Å². The van der Waals surface area contributed by atoms with E-state index in [1.807, 2.05) is 0 Å². The molecule has 0 amide bonds. The van der Waals surface area contributed by atoms with E-state index in [0.717, 1.165) is 24.8 Å². The van der Waals surface area contributed by atoms with Gasteiger partial charge in [-0.3, -0.25) is 0 Å². The second kappa shape index (κ2) is 4.83. The molecule has 0 aromatic carbocycles. The molecule has 1 fully saturated rings. The van der Waals surface area contributed by atoms with Gasteiger partial charge in [-0.15, -0.1) is 0 Å². The monoisotopic (exact) mass is 171 g/mol. The van der Waals surface area contributed by atoms with Crippen molar-refractivity contribution >= 4 is 0 Å². The van der Waals surface area contributed by atoms with Crippen LogP contribution in [0.25, 0.3) is 0 Å². The topological polar surface area (TPSA) is 32.3 Å².